The molecule has 0 aliphatic carbocycles. The Balaban J connectivity index is 1.84. The van der Waals surface area contributed by atoms with Crippen LogP contribution in [0.5, 0.6) is 5.88 Å². The number of benzene rings is 1. The molecule has 0 spiro atoms. The average Bonchev–Trinajstić information content (AvgIpc) is 2.92. The number of thiazole rings is 1. The molecule has 0 aliphatic rings. The highest BCUT2D eigenvalue weighted by Gasteiger charge is 2.16. The molecule has 0 N–H and O–H groups in total. The predicted octanol–water partition coefficient (Wildman–Crippen LogP) is 5.04. The van der Waals surface area contributed by atoms with Crippen molar-refractivity contribution in [3.8, 4) is 16.5 Å². The highest BCUT2D eigenvalue weighted by atomic mass is 35.5. The van der Waals surface area contributed by atoms with E-state index in [0.717, 1.165) is 15.4 Å². The lowest BCUT2D eigenvalue weighted by molar-refractivity contribution is 0.0727. The summed E-state index contributed by atoms with van der Waals surface area (Å²) in [6, 6.07) is 8.30. The Morgan fingerprint density at radius 3 is 2.74 bits per heavy atom. The van der Waals surface area contributed by atoms with Crippen LogP contribution in [0, 0.1) is 6.92 Å². The van der Waals surface area contributed by atoms with Crippen LogP contribution in [-0.2, 0) is 0 Å². The topological polar surface area (TPSA) is 52.1 Å². The second-order valence-corrected chi connectivity index (χ2v) is 6.66. The number of ether oxygens (including phenoxy) is 1. The second kappa shape index (κ2) is 6.66. The van der Waals surface area contributed by atoms with Gasteiger partial charge in [-0.15, -0.1) is 11.3 Å². The molecule has 0 aliphatic heterocycles. The van der Waals surface area contributed by atoms with Crippen molar-refractivity contribution >= 4 is 40.5 Å². The number of carbonyl (C=O) groups excluding carboxylic acids is 1. The third-order valence-corrected chi connectivity index (χ3v) is 4.75. The molecule has 3 aromatic rings. The van der Waals surface area contributed by atoms with Gasteiger partial charge >= 0.3 is 5.97 Å². The fourth-order valence-corrected chi connectivity index (χ4v) is 2.99. The molecule has 2 aromatic heterocycles. The van der Waals surface area contributed by atoms with Crippen LogP contribution in [0.3, 0.4) is 0 Å². The minimum Gasteiger partial charge on any atom is -0.403 e. The number of hydrogen-bond acceptors (Lipinski definition) is 5. The highest BCUT2D eigenvalue weighted by Crippen LogP contribution is 2.32. The molecular weight excluding hydrogens is 355 g/mol. The molecule has 4 nitrogen and oxygen atoms in total. The predicted molar refractivity (Wildman–Crippen MR) is 91.5 cm³/mol. The summed E-state index contributed by atoms with van der Waals surface area (Å²) in [5.41, 5.74) is 1.19. The summed E-state index contributed by atoms with van der Waals surface area (Å²) in [7, 11) is 0. The number of aromatic nitrogens is 2. The molecule has 0 saturated carbocycles. The van der Waals surface area contributed by atoms with Crippen molar-refractivity contribution in [3.05, 3.63) is 63.2 Å². The number of halogens is 2. The third kappa shape index (κ3) is 3.52. The van der Waals surface area contributed by atoms with E-state index < -0.39 is 5.97 Å². The maximum absolute atomic E-state index is 12.2. The van der Waals surface area contributed by atoms with Gasteiger partial charge in [-0.1, -0.05) is 23.2 Å². The summed E-state index contributed by atoms with van der Waals surface area (Å²) in [6.45, 7) is 1.84. The van der Waals surface area contributed by atoms with Crippen molar-refractivity contribution in [1.29, 1.82) is 0 Å². The largest absolute Gasteiger partial charge is 0.403 e. The molecule has 3 rings (SSSR count). The molecule has 7 heteroatoms. The Morgan fingerprint density at radius 2 is 2.04 bits per heavy atom. The van der Waals surface area contributed by atoms with Gasteiger partial charge in [0.05, 0.1) is 20.5 Å². The molecule has 1 aromatic carbocycles. The maximum Gasteiger partial charge on any atom is 0.344 e. The highest BCUT2D eigenvalue weighted by molar-refractivity contribution is 7.15. The van der Waals surface area contributed by atoms with Crippen molar-refractivity contribution in [2.45, 2.75) is 6.92 Å². The van der Waals surface area contributed by atoms with Gasteiger partial charge in [0, 0.05) is 18.0 Å². The lowest BCUT2D eigenvalue weighted by atomic mass is 10.2. The van der Waals surface area contributed by atoms with Gasteiger partial charge < -0.3 is 4.74 Å². The SMILES string of the molecule is Cc1sc(-c2cccnc2)nc1OC(=O)c1ccc(Cl)c(Cl)c1. The van der Waals surface area contributed by atoms with E-state index in [-0.39, 0.29) is 5.88 Å². The van der Waals surface area contributed by atoms with Crippen LogP contribution in [0.4, 0.5) is 0 Å². The van der Waals surface area contributed by atoms with E-state index in [9.17, 15) is 4.79 Å². The first-order valence-corrected chi connectivity index (χ1v) is 8.17. The molecule has 0 saturated heterocycles. The fourth-order valence-electron chi connectivity index (χ4n) is 1.86. The van der Waals surface area contributed by atoms with Crippen molar-refractivity contribution in [2.24, 2.45) is 0 Å². The quantitative estimate of drug-likeness (QED) is 0.610. The number of pyridine rings is 1. The number of hydrogen-bond donors (Lipinski definition) is 0. The summed E-state index contributed by atoms with van der Waals surface area (Å²) in [5.74, 6) is -0.250. The van der Waals surface area contributed by atoms with Crippen LogP contribution in [0.1, 0.15) is 15.2 Å². The molecule has 116 valence electrons. The monoisotopic (exact) mass is 364 g/mol. The smallest absolute Gasteiger partial charge is 0.344 e. The summed E-state index contributed by atoms with van der Waals surface area (Å²) >= 11 is 13.2. The van der Waals surface area contributed by atoms with Crippen LogP contribution in [0.2, 0.25) is 10.0 Å². The zero-order valence-electron chi connectivity index (χ0n) is 11.9. The molecule has 0 unspecified atom stereocenters. The summed E-state index contributed by atoms with van der Waals surface area (Å²) in [5, 5.41) is 1.42. The minimum absolute atomic E-state index is 0.282. The molecule has 0 bridgehead atoms. The van der Waals surface area contributed by atoms with Crippen LogP contribution in [0.15, 0.2) is 42.7 Å². The average molecular weight is 365 g/mol. The normalized spacial score (nSPS) is 10.6. The minimum atomic E-state index is -0.533. The molecule has 0 fully saturated rings. The first kappa shape index (κ1) is 15.9. The number of carbonyl (C=O) groups is 1. The Morgan fingerprint density at radius 1 is 1.22 bits per heavy atom. The first-order valence-electron chi connectivity index (χ1n) is 6.59. The molecule has 2 heterocycles. The van der Waals surface area contributed by atoms with E-state index in [1.54, 1.807) is 24.5 Å². The molecule has 0 amide bonds. The summed E-state index contributed by atoms with van der Waals surface area (Å²) < 4.78 is 5.37. The second-order valence-electron chi connectivity index (χ2n) is 4.64. The van der Waals surface area contributed by atoms with Gasteiger partial charge in [0.15, 0.2) is 0 Å². The van der Waals surface area contributed by atoms with Crippen LogP contribution < -0.4 is 4.74 Å². The number of nitrogens with zero attached hydrogens (tertiary/aromatic N) is 2. The number of esters is 1. The van der Waals surface area contributed by atoms with Gasteiger partial charge in [0.25, 0.3) is 0 Å². The van der Waals surface area contributed by atoms with Crippen LogP contribution >= 0.6 is 34.5 Å². The van der Waals surface area contributed by atoms with Crippen molar-refractivity contribution in [2.75, 3.05) is 0 Å². The van der Waals surface area contributed by atoms with E-state index in [1.807, 2.05) is 19.1 Å². The van der Waals surface area contributed by atoms with Gasteiger partial charge in [-0.05, 0) is 37.3 Å². The van der Waals surface area contributed by atoms with E-state index >= 15 is 0 Å². The van der Waals surface area contributed by atoms with Gasteiger partial charge in [-0.2, -0.15) is 0 Å². The standard InChI is InChI=1S/C16H10Cl2N2O2S/c1-9-14(20-15(23-9)11-3-2-6-19-8-11)22-16(21)10-4-5-12(17)13(18)7-10/h2-8H,1H3. The number of aryl methyl sites for hydroxylation is 1. The van der Waals surface area contributed by atoms with Gasteiger partial charge in [-0.25, -0.2) is 9.78 Å². The van der Waals surface area contributed by atoms with Crippen molar-refractivity contribution < 1.29 is 9.53 Å². The summed E-state index contributed by atoms with van der Waals surface area (Å²) in [6.07, 6.45) is 3.40. The Bertz CT molecular complexity index is 866. The Kier molecular flexibility index (Phi) is 4.61. The van der Waals surface area contributed by atoms with E-state index in [4.69, 9.17) is 27.9 Å². The molecule has 0 radical (unpaired) electrons. The van der Waals surface area contributed by atoms with Crippen LogP contribution in [-0.4, -0.2) is 15.9 Å². The third-order valence-electron chi connectivity index (χ3n) is 3.01. The van der Waals surface area contributed by atoms with Gasteiger partial charge in [0.2, 0.25) is 5.88 Å². The molecule has 0 atom stereocenters. The molecule has 23 heavy (non-hydrogen) atoms. The lowest BCUT2D eigenvalue weighted by Crippen LogP contribution is -2.09. The lowest BCUT2D eigenvalue weighted by Gasteiger charge is -2.03. The van der Waals surface area contributed by atoms with E-state index in [1.165, 1.54) is 17.4 Å². The maximum atomic E-state index is 12.2. The first-order chi connectivity index (χ1) is 11.0. The van der Waals surface area contributed by atoms with E-state index in [2.05, 4.69) is 9.97 Å². The van der Waals surface area contributed by atoms with Gasteiger partial charge in [0.1, 0.15) is 5.01 Å². The zero-order valence-corrected chi connectivity index (χ0v) is 14.2. The fraction of sp³-hybridized carbons (Fsp3) is 0.0625. The van der Waals surface area contributed by atoms with Crippen molar-refractivity contribution in [1.82, 2.24) is 9.97 Å². The number of rotatable bonds is 3. The Hall–Kier alpha value is -1.95. The van der Waals surface area contributed by atoms with Gasteiger partial charge in [-0.3, -0.25) is 4.98 Å². The van der Waals surface area contributed by atoms with Crippen LogP contribution in [0.25, 0.3) is 10.6 Å². The zero-order chi connectivity index (χ0) is 16.4. The molecular formula is C16H10Cl2N2O2S. The van der Waals surface area contributed by atoms with E-state index in [0.29, 0.717) is 15.6 Å². The summed E-state index contributed by atoms with van der Waals surface area (Å²) in [4.78, 5) is 21.4. The van der Waals surface area contributed by atoms with Crippen molar-refractivity contribution in [3.63, 3.8) is 0 Å². The Labute approximate surface area is 146 Å².